The van der Waals surface area contributed by atoms with Crippen LogP contribution in [0.15, 0.2) is 87.8 Å². The molecule has 1 heterocycles. The zero-order valence-electron chi connectivity index (χ0n) is 20.3. The standard InChI is InChI=1S/C29H29BrN2O4/c1-20-26(32-27(36-20)23-6-4-3-5-7-23)16-17-35-25-14-10-21(11-15-25)18-29(2,28(33)34)31-19-22-8-12-24(30)13-9-22/h3-15,31H,16-19H2,1-2H3,(H,33,34). The number of ether oxygens (including phenoxy) is 1. The number of rotatable bonds is 11. The molecule has 2 N–H and O–H groups in total. The molecule has 0 spiro atoms. The number of carboxylic acid groups (broad SMARTS) is 1. The third kappa shape index (κ3) is 6.62. The van der Waals surface area contributed by atoms with Crippen molar-refractivity contribution in [3.8, 4) is 17.2 Å². The van der Waals surface area contributed by atoms with E-state index in [1.165, 1.54) is 0 Å². The first kappa shape index (κ1) is 25.7. The molecule has 186 valence electrons. The monoisotopic (exact) mass is 548 g/mol. The number of carboxylic acids is 1. The molecule has 7 heteroatoms. The summed E-state index contributed by atoms with van der Waals surface area (Å²) in [7, 11) is 0. The fourth-order valence-corrected chi connectivity index (χ4v) is 4.12. The first-order valence-corrected chi connectivity index (χ1v) is 12.6. The van der Waals surface area contributed by atoms with E-state index in [1.54, 1.807) is 6.92 Å². The number of nitrogens with zero attached hydrogens (tertiary/aromatic N) is 1. The van der Waals surface area contributed by atoms with E-state index < -0.39 is 11.5 Å². The average Bonchev–Trinajstić information content (AvgIpc) is 3.25. The number of halogens is 1. The first-order chi connectivity index (χ1) is 17.3. The van der Waals surface area contributed by atoms with E-state index in [9.17, 15) is 9.90 Å². The van der Waals surface area contributed by atoms with E-state index in [0.29, 0.717) is 31.9 Å². The van der Waals surface area contributed by atoms with Crippen molar-refractivity contribution in [1.29, 1.82) is 0 Å². The topological polar surface area (TPSA) is 84.6 Å². The molecule has 1 unspecified atom stereocenters. The minimum atomic E-state index is -1.10. The van der Waals surface area contributed by atoms with Crippen LogP contribution >= 0.6 is 15.9 Å². The average molecular weight is 549 g/mol. The lowest BCUT2D eigenvalue weighted by atomic mass is 9.92. The molecule has 1 aromatic heterocycles. The van der Waals surface area contributed by atoms with E-state index in [1.807, 2.05) is 85.8 Å². The van der Waals surface area contributed by atoms with Crippen molar-refractivity contribution in [3.05, 3.63) is 106 Å². The summed E-state index contributed by atoms with van der Waals surface area (Å²) in [4.78, 5) is 16.7. The molecule has 0 radical (unpaired) electrons. The van der Waals surface area contributed by atoms with Crippen LogP contribution in [0.1, 0.15) is 29.5 Å². The number of aliphatic carboxylic acids is 1. The van der Waals surface area contributed by atoms with Crippen molar-refractivity contribution in [3.63, 3.8) is 0 Å². The van der Waals surface area contributed by atoms with E-state index in [2.05, 4.69) is 26.2 Å². The number of hydrogen-bond acceptors (Lipinski definition) is 5. The van der Waals surface area contributed by atoms with Crippen LogP contribution < -0.4 is 10.1 Å². The van der Waals surface area contributed by atoms with Gasteiger partial charge in [-0.2, -0.15) is 0 Å². The van der Waals surface area contributed by atoms with Gasteiger partial charge in [0.1, 0.15) is 17.0 Å². The van der Waals surface area contributed by atoms with Gasteiger partial charge in [-0.1, -0.05) is 58.4 Å². The molecule has 6 nitrogen and oxygen atoms in total. The van der Waals surface area contributed by atoms with Crippen LogP contribution in [-0.4, -0.2) is 28.2 Å². The van der Waals surface area contributed by atoms with Crippen molar-refractivity contribution in [2.45, 2.75) is 38.8 Å². The second-order valence-electron chi connectivity index (χ2n) is 8.92. The van der Waals surface area contributed by atoms with Gasteiger partial charge in [0.25, 0.3) is 0 Å². The van der Waals surface area contributed by atoms with Crippen LogP contribution in [0.4, 0.5) is 0 Å². The molecular formula is C29H29BrN2O4. The highest BCUT2D eigenvalue weighted by Gasteiger charge is 2.32. The van der Waals surface area contributed by atoms with E-state index in [4.69, 9.17) is 9.15 Å². The predicted octanol–water partition coefficient (Wildman–Crippen LogP) is 6.21. The zero-order chi connectivity index (χ0) is 25.5. The van der Waals surface area contributed by atoms with Crippen LogP contribution in [0.3, 0.4) is 0 Å². The number of aromatic nitrogens is 1. The van der Waals surface area contributed by atoms with Crippen molar-refractivity contribution < 1.29 is 19.1 Å². The molecule has 0 bridgehead atoms. The van der Waals surface area contributed by atoms with Gasteiger partial charge in [-0.15, -0.1) is 0 Å². The molecule has 1 atom stereocenters. The van der Waals surface area contributed by atoms with Gasteiger partial charge < -0.3 is 14.3 Å². The second kappa shape index (κ2) is 11.5. The molecule has 4 aromatic rings. The Morgan fingerprint density at radius 2 is 1.69 bits per heavy atom. The van der Waals surface area contributed by atoms with Crippen molar-refractivity contribution in [2.24, 2.45) is 0 Å². The molecule has 0 aliphatic carbocycles. The molecule has 0 fully saturated rings. The SMILES string of the molecule is Cc1oc(-c2ccccc2)nc1CCOc1ccc(CC(C)(NCc2ccc(Br)cc2)C(=O)O)cc1. The summed E-state index contributed by atoms with van der Waals surface area (Å²) in [6.07, 6.45) is 0.973. The lowest BCUT2D eigenvalue weighted by molar-refractivity contribution is -0.144. The third-order valence-corrected chi connectivity index (χ3v) is 6.60. The minimum absolute atomic E-state index is 0.347. The number of nitrogens with one attached hydrogen (secondary N) is 1. The van der Waals surface area contributed by atoms with E-state index in [0.717, 1.165) is 38.4 Å². The molecule has 3 aromatic carbocycles. The fraction of sp³-hybridized carbons (Fsp3) is 0.241. The lowest BCUT2D eigenvalue weighted by Gasteiger charge is -2.27. The Bertz CT molecular complexity index is 1290. The zero-order valence-corrected chi connectivity index (χ0v) is 21.9. The van der Waals surface area contributed by atoms with Crippen molar-refractivity contribution in [1.82, 2.24) is 10.3 Å². The summed E-state index contributed by atoms with van der Waals surface area (Å²) in [6.45, 7) is 4.55. The minimum Gasteiger partial charge on any atom is -0.493 e. The van der Waals surface area contributed by atoms with Crippen LogP contribution in [0.5, 0.6) is 5.75 Å². The molecule has 0 saturated heterocycles. The Morgan fingerprint density at radius 3 is 2.36 bits per heavy atom. The van der Waals surface area contributed by atoms with E-state index >= 15 is 0 Å². The highest BCUT2D eigenvalue weighted by atomic mass is 79.9. The van der Waals surface area contributed by atoms with Gasteiger partial charge in [0.05, 0.1) is 12.3 Å². The number of oxazole rings is 1. The van der Waals surface area contributed by atoms with Gasteiger partial charge in [0.15, 0.2) is 0 Å². The van der Waals surface area contributed by atoms with Crippen LogP contribution in [0, 0.1) is 6.92 Å². The van der Waals surface area contributed by atoms with Gasteiger partial charge in [-0.05, 0) is 61.4 Å². The summed E-state index contributed by atoms with van der Waals surface area (Å²) < 4.78 is 12.7. The quantitative estimate of drug-likeness (QED) is 0.232. The van der Waals surface area contributed by atoms with E-state index in [-0.39, 0.29) is 0 Å². The molecule has 0 aliphatic rings. The van der Waals surface area contributed by atoms with Gasteiger partial charge in [-0.25, -0.2) is 4.98 Å². The maximum Gasteiger partial charge on any atom is 0.323 e. The molecule has 4 rings (SSSR count). The maximum atomic E-state index is 12.1. The molecule has 0 amide bonds. The largest absolute Gasteiger partial charge is 0.493 e. The summed E-state index contributed by atoms with van der Waals surface area (Å²) >= 11 is 3.42. The predicted molar refractivity (Wildman–Crippen MR) is 143 cm³/mol. The molecular weight excluding hydrogens is 520 g/mol. The summed E-state index contributed by atoms with van der Waals surface area (Å²) in [5.41, 5.74) is 2.65. The normalized spacial score (nSPS) is 12.8. The van der Waals surface area contributed by atoms with Crippen molar-refractivity contribution in [2.75, 3.05) is 6.61 Å². The van der Waals surface area contributed by atoms with Crippen LogP contribution in [-0.2, 0) is 24.2 Å². The smallest absolute Gasteiger partial charge is 0.323 e. The Morgan fingerprint density at radius 1 is 1.03 bits per heavy atom. The van der Waals surface area contributed by atoms with Crippen molar-refractivity contribution >= 4 is 21.9 Å². The highest BCUT2D eigenvalue weighted by molar-refractivity contribution is 9.10. The Labute approximate surface area is 219 Å². The highest BCUT2D eigenvalue weighted by Crippen LogP contribution is 2.23. The summed E-state index contributed by atoms with van der Waals surface area (Å²) in [6, 6.07) is 25.2. The number of benzene rings is 3. The maximum absolute atomic E-state index is 12.1. The Kier molecular flexibility index (Phi) is 8.23. The summed E-state index contributed by atoms with van der Waals surface area (Å²) in [5.74, 6) is 1.24. The number of hydrogen-bond donors (Lipinski definition) is 2. The Hall–Kier alpha value is -3.42. The molecule has 0 saturated carbocycles. The van der Waals surface area contributed by atoms with Gasteiger partial charge >= 0.3 is 5.97 Å². The lowest BCUT2D eigenvalue weighted by Crippen LogP contribution is -2.50. The Balaban J connectivity index is 1.31. The first-order valence-electron chi connectivity index (χ1n) is 11.8. The molecule has 0 aliphatic heterocycles. The third-order valence-electron chi connectivity index (χ3n) is 6.07. The van der Waals surface area contributed by atoms with Gasteiger partial charge in [-0.3, -0.25) is 10.1 Å². The van der Waals surface area contributed by atoms with Gasteiger partial charge in [0.2, 0.25) is 5.89 Å². The summed E-state index contributed by atoms with van der Waals surface area (Å²) in [5, 5.41) is 13.1. The number of aryl methyl sites for hydroxylation is 1. The second-order valence-corrected chi connectivity index (χ2v) is 9.84. The van der Waals surface area contributed by atoms with Gasteiger partial charge in [0, 0.05) is 29.4 Å². The molecule has 36 heavy (non-hydrogen) atoms. The van der Waals surface area contributed by atoms with Crippen LogP contribution in [0.25, 0.3) is 11.5 Å². The fourth-order valence-electron chi connectivity index (χ4n) is 3.85. The number of carbonyl (C=O) groups is 1. The van der Waals surface area contributed by atoms with Crippen LogP contribution in [0.2, 0.25) is 0 Å².